The van der Waals surface area contributed by atoms with E-state index in [1.807, 2.05) is 25.1 Å². The van der Waals surface area contributed by atoms with Crippen molar-refractivity contribution in [3.63, 3.8) is 0 Å². The zero-order valence-electron chi connectivity index (χ0n) is 10.1. The van der Waals surface area contributed by atoms with Crippen molar-refractivity contribution >= 4 is 16.7 Å². The zero-order valence-corrected chi connectivity index (χ0v) is 10.1. The molecule has 0 amide bonds. The third-order valence-corrected chi connectivity index (χ3v) is 3.44. The average Bonchev–Trinajstić information content (AvgIpc) is 2.36. The average molecular weight is 228 g/mol. The second-order valence-corrected chi connectivity index (χ2v) is 4.52. The number of hydrogen-bond acceptors (Lipinski definition) is 1. The molecule has 0 saturated heterocycles. The van der Waals surface area contributed by atoms with Gasteiger partial charge in [-0.3, -0.25) is 4.79 Å². The van der Waals surface area contributed by atoms with E-state index in [0.717, 1.165) is 10.9 Å². The molecule has 2 aromatic rings. The highest BCUT2D eigenvalue weighted by atomic mass is 16.4. The third-order valence-electron chi connectivity index (χ3n) is 3.44. The summed E-state index contributed by atoms with van der Waals surface area (Å²) in [5, 5.41) is 11.4. The molecule has 0 aliphatic rings. The lowest BCUT2D eigenvalue weighted by Crippen LogP contribution is -2.16. The van der Waals surface area contributed by atoms with Crippen LogP contribution in [0.2, 0.25) is 0 Å². The molecule has 1 N–H and O–H groups in total. The second-order valence-electron chi connectivity index (χ2n) is 4.52. The third kappa shape index (κ3) is 2.31. The summed E-state index contributed by atoms with van der Waals surface area (Å²) in [7, 11) is 0. The minimum atomic E-state index is -0.745. The molecule has 0 aliphatic carbocycles. The summed E-state index contributed by atoms with van der Waals surface area (Å²) in [4.78, 5) is 11.0. The molecule has 0 saturated carbocycles. The summed E-state index contributed by atoms with van der Waals surface area (Å²) >= 11 is 0. The number of rotatable bonds is 3. The van der Waals surface area contributed by atoms with E-state index < -0.39 is 5.97 Å². The Morgan fingerprint density at radius 1 is 1.06 bits per heavy atom. The predicted octanol–water partition coefficient (Wildman–Crippen LogP) is 3.66. The van der Waals surface area contributed by atoms with Gasteiger partial charge in [0, 0.05) is 0 Å². The van der Waals surface area contributed by atoms with Gasteiger partial charge in [-0.15, -0.1) is 0 Å². The number of aliphatic carboxylic acids is 1. The molecule has 2 atom stereocenters. The molecular formula is C15H16O2. The maximum atomic E-state index is 11.0. The van der Waals surface area contributed by atoms with Gasteiger partial charge < -0.3 is 5.11 Å². The number of benzene rings is 2. The number of fused-ring (bicyclic) bond motifs is 1. The minimum Gasteiger partial charge on any atom is -0.481 e. The minimum absolute atomic E-state index is 0.0251. The summed E-state index contributed by atoms with van der Waals surface area (Å²) in [6.07, 6.45) is 0. The standard InChI is InChI=1S/C15H16O2/c1-10(11(2)15(16)17)13-8-7-12-5-3-4-6-14(12)9-13/h3-11H,1-2H3,(H,16,17). The highest BCUT2D eigenvalue weighted by Crippen LogP contribution is 2.27. The van der Waals surface area contributed by atoms with E-state index in [1.165, 1.54) is 5.39 Å². The van der Waals surface area contributed by atoms with Crippen LogP contribution in [0, 0.1) is 5.92 Å². The van der Waals surface area contributed by atoms with Crippen LogP contribution < -0.4 is 0 Å². The summed E-state index contributed by atoms with van der Waals surface area (Å²) in [5.74, 6) is -1.08. The molecule has 2 rings (SSSR count). The number of carboxylic acid groups (broad SMARTS) is 1. The molecule has 2 heteroatoms. The highest BCUT2D eigenvalue weighted by Gasteiger charge is 2.20. The molecule has 0 spiro atoms. The van der Waals surface area contributed by atoms with Gasteiger partial charge in [0.25, 0.3) is 0 Å². The van der Waals surface area contributed by atoms with Gasteiger partial charge in [-0.1, -0.05) is 56.3 Å². The summed E-state index contributed by atoms with van der Waals surface area (Å²) in [6.45, 7) is 3.71. The van der Waals surface area contributed by atoms with Crippen molar-refractivity contribution < 1.29 is 9.90 Å². The van der Waals surface area contributed by atoms with Gasteiger partial charge in [0.05, 0.1) is 5.92 Å². The van der Waals surface area contributed by atoms with Crippen molar-refractivity contribution in [3.05, 3.63) is 48.0 Å². The molecular weight excluding hydrogens is 212 g/mol. The van der Waals surface area contributed by atoms with Crippen LogP contribution in [0.15, 0.2) is 42.5 Å². The highest BCUT2D eigenvalue weighted by molar-refractivity contribution is 5.83. The molecule has 2 nitrogen and oxygen atoms in total. The number of carboxylic acids is 1. The Hall–Kier alpha value is -1.83. The van der Waals surface area contributed by atoms with Crippen molar-refractivity contribution in [1.82, 2.24) is 0 Å². The van der Waals surface area contributed by atoms with Crippen LogP contribution in [-0.2, 0) is 4.79 Å². The number of carbonyl (C=O) groups is 1. The van der Waals surface area contributed by atoms with Crippen LogP contribution >= 0.6 is 0 Å². The van der Waals surface area contributed by atoms with Crippen LogP contribution in [0.25, 0.3) is 10.8 Å². The van der Waals surface area contributed by atoms with E-state index in [-0.39, 0.29) is 11.8 Å². The Bertz CT molecular complexity index is 545. The van der Waals surface area contributed by atoms with Crippen molar-refractivity contribution in [3.8, 4) is 0 Å². The Labute approximate surface area is 101 Å². The SMILES string of the molecule is CC(C(=O)O)C(C)c1ccc2ccccc2c1. The first-order valence-corrected chi connectivity index (χ1v) is 5.81. The molecule has 2 unspecified atom stereocenters. The predicted molar refractivity (Wildman–Crippen MR) is 69.2 cm³/mol. The molecule has 0 aromatic heterocycles. The van der Waals surface area contributed by atoms with Crippen molar-refractivity contribution in [2.45, 2.75) is 19.8 Å². The molecule has 0 heterocycles. The van der Waals surface area contributed by atoms with E-state index >= 15 is 0 Å². The smallest absolute Gasteiger partial charge is 0.306 e. The van der Waals surface area contributed by atoms with Crippen molar-refractivity contribution in [1.29, 1.82) is 0 Å². The maximum Gasteiger partial charge on any atom is 0.306 e. The van der Waals surface area contributed by atoms with Gasteiger partial charge >= 0.3 is 5.97 Å². The summed E-state index contributed by atoms with van der Waals surface area (Å²) in [6, 6.07) is 14.3. The molecule has 17 heavy (non-hydrogen) atoms. The van der Waals surface area contributed by atoms with E-state index in [2.05, 4.69) is 24.3 Å². The topological polar surface area (TPSA) is 37.3 Å². The van der Waals surface area contributed by atoms with Crippen LogP contribution in [0.3, 0.4) is 0 Å². The van der Waals surface area contributed by atoms with Gasteiger partial charge in [0.2, 0.25) is 0 Å². The van der Waals surface area contributed by atoms with E-state index in [9.17, 15) is 4.79 Å². The van der Waals surface area contributed by atoms with E-state index in [0.29, 0.717) is 0 Å². The van der Waals surface area contributed by atoms with Crippen LogP contribution in [0.5, 0.6) is 0 Å². The van der Waals surface area contributed by atoms with Crippen LogP contribution in [0.1, 0.15) is 25.3 Å². The summed E-state index contributed by atoms with van der Waals surface area (Å²) in [5.41, 5.74) is 1.08. The van der Waals surface area contributed by atoms with Gasteiger partial charge in [0.15, 0.2) is 0 Å². The molecule has 0 aliphatic heterocycles. The fraction of sp³-hybridized carbons (Fsp3) is 0.267. The first-order valence-electron chi connectivity index (χ1n) is 5.81. The Morgan fingerprint density at radius 3 is 2.35 bits per heavy atom. The largest absolute Gasteiger partial charge is 0.481 e. The lowest BCUT2D eigenvalue weighted by atomic mass is 9.88. The van der Waals surface area contributed by atoms with Crippen LogP contribution in [-0.4, -0.2) is 11.1 Å². The molecule has 0 radical (unpaired) electrons. The lowest BCUT2D eigenvalue weighted by molar-refractivity contribution is -0.141. The Balaban J connectivity index is 2.39. The van der Waals surface area contributed by atoms with Crippen molar-refractivity contribution in [2.75, 3.05) is 0 Å². The molecule has 2 aromatic carbocycles. The van der Waals surface area contributed by atoms with Gasteiger partial charge in [-0.25, -0.2) is 0 Å². The fourth-order valence-electron chi connectivity index (χ4n) is 1.99. The number of hydrogen-bond donors (Lipinski definition) is 1. The lowest BCUT2D eigenvalue weighted by Gasteiger charge is -2.16. The molecule has 0 bridgehead atoms. The van der Waals surface area contributed by atoms with Gasteiger partial charge in [-0.05, 0) is 22.3 Å². The van der Waals surface area contributed by atoms with Gasteiger partial charge in [0.1, 0.15) is 0 Å². The van der Waals surface area contributed by atoms with E-state index in [4.69, 9.17) is 5.11 Å². The zero-order chi connectivity index (χ0) is 12.4. The first-order chi connectivity index (χ1) is 8.09. The van der Waals surface area contributed by atoms with Gasteiger partial charge in [-0.2, -0.15) is 0 Å². The van der Waals surface area contributed by atoms with Crippen molar-refractivity contribution in [2.24, 2.45) is 5.92 Å². The fourth-order valence-corrected chi connectivity index (χ4v) is 1.99. The van der Waals surface area contributed by atoms with Crippen LogP contribution in [0.4, 0.5) is 0 Å². The quantitative estimate of drug-likeness (QED) is 0.870. The Kier molecular flexibility index (Phi) is 3.14. The molecule has 0 fully saturated rings. The maximum absolute atomic E-state index is 11.0. The second kappa shape index (κ2) is 4.58. The molecule has 88 valence electrons. The Morgan fingerprint density at radius 2 is 1.71 bits per heavy atom. The van der Waals surface area contributed by atoms with E-state index in [1.54, 1.807) is 6.92 Å². The summed E-state index contributed by atoms with van der Waals surface area (Å²) < 4.78 is 0. The monoisotopic (exact) mass is 228 g/mol. The normalized spacial score (nSPS) is 14.5. The first kappa shape index (κ1) is 11.6.